The molecule has 1 amide bonds. The lowest BCUT2D eigenvalue weighted by Gasteiger charge is -2.34. The number of hydrazine groups is 1. The molecule has 0 unspecified atom stereocenters. The lowest BCUT2D eigenvalue weighted by atomic mass is 9.89. The van der Waals surface area contributed by atoms with Crippen molar-refractivity contribution in [2.75, 3.05) is 23.0 Å². The van der Waals surface area contributed by atoms with Gasteiger partial charge in [-0.1, -0.05) is 55.8 Å². The minimum Gasteiger partial charge on any atom is -0.370 e. The molecule has 2 heterocycles. The summed E-state index contributed by atoms with van der Waals surface area (Å²) in [6.07, 6.45) is 4.16. The van der Waals surface area contributed by atoms with Gasteiger partial charge in [-0.25, -0.2) is 15.8 Å². The van der Waals surface area contributed by atoms with E-state index in [1.807, 2.05) is 19.9 Å². The number of piperidine rings is 1. The van der Waals surface area contributed by atoms with E-state index in [1.54, 1.807) is 6.20 Å². The van der Waals surface area contributed by atoms with Crippen molar-refractivity contribution in [2.24, 2.45) is 11.8 Å². The Morgan fingerprint density at radius 1 is 1.26 bits per heavy atom. The fourth-order valence-corrected chi connectivity index (χ4v) is 3.90. The van der Waals surface area contributed by atoms with E-state index in [9.17, 15) is 4.79 Å². The highest BCUT2D eigenvalue weighted by Crippen LogP contribution is 2.36. The molecule has 1 aromatic heterocycles. The molecule has 2 N–H and O–H groups in total. The van der Waals surface area contributed by atoms with E-state index >= 15 is 0 Å². The van der Waals surface area contributed by atoms with Crippen LogP contribution in [0, 0.1) is 5.92 Å². The summed E-state index contributed by atoms with van der Waals surface area (Å²) in [6, 6.07) is 12.5. The van der Waals surface area contributed by atoms with E-state index in [0.29, 0.717) is 23.2 Å². The maximum Gasteiger partial charge on any atom is 0.242 e. The highest BCUT2D eigenvalue weighted by atomic mass is 35.5. The van der Waals surface area contributed by atoms with E-state index in [-0.39, 0.29) is 11.8 Å². The normalized spacial score (nSPS) is 15.2. The second-order valence-corrected chi connectivity index (χ2v) is 7.88. The largest absolute Gasteiger partial charge is 0.370 e. The summed E-state index contributed by atoms with van der Waals surface area (Å²) in [7, 11) is 0. The van der Waals surface area contributed by atoms with Crippen molar-refractivity contribution in [1.82, 2.24) is 4.98 Å². The summed E-state index contributed by atoms with van der Waals surface area (Å²) < 4.78 is 0. The molecule has 0 radical (unpaired) electrons. The third kappa shape index (κ3) is 4.60. The van der Waals surface area contributed by atoms with Gasteiger partial charge < -0.3 is 4.90 Å². The maximum atomic E-state index is 12.3. The van der Waals surface area contributed by atoms with Crippen molar-refractivity contribution < 1.29 is 4.79 Å². The quantitative estimate of drug-likeness (QED) is 0.470. The zero-order valence-electron chi connectivity index (χ0n) is 15.9. The van der Waals surface area contributed by atoms with Crippen LogP contribution in [0.25, 0.3) is 0 Å². The first kappa shape index (κ1) is 19.6. The Bertz CT molecular complexity index is 773. The number of nitrogens with zero attached hydrogens (tertiary/aromatic N) is 3. The Labute approximate surface area is 166 Å². The van der Waals surface area contributed by atoms with Gasteiger partial charge in [0.15, 0.2) is 5.82 Å². The fraction of sp³-hybridized carbons (Fsp3) is 0.429. The van der Waals surface area contributed by atoms with Gasteiger partial charge in [-0.3, -0.25) is 4.79 Å². The molecule has 1 aliphatic rings. The van der Waals surface area contributed by atoms with Gasteiger partial charge >= 0.3 is 0 Å². The monoisotopic (exact) mass is 386 g/mol. The molecule has 0 atom stereocenters. The fourth-order valence-electron chi connectivity index (χ4n) is 3.58. The van der Waals surface area contributed by atoms with Crippen LogP contribution in [0.2, 0.25) is 5.02 Å². The Hall–Kier alpha value is -2.11. The number of pyridine rings is 1. The average molecular weight is 387 g/mol. The van der Waals surface area contributed by atoms with Crippen molar-refractivity contribution in [3.05, 3.63) is 53.2 Å². The molecule has 144 valence electrons. The van der Waals surface area contributed by atoms with E-state index in [0.717, 1.165) is 36.6 Å². The van der Waals surface area contributed by atoms with Crippen LogP contribution in [0.3, 0.4) is 0 Å². The molecule has 1 aliphatic heterocycles. The number of anilines is 2. The standard InChI is InChI=1S/C21H27ClN4O/c1-15(2)14-19(27)26(23)21-20(22)18(8-11-24-21)25-12-9-17(10-13-25)16-6-4-3-5-7-16/h3-8,11,15,17H,9-10,12-14,23H2,1-2H3. The van der Waals surface area contributed by atoms with Crippen LogP contribution in [-0.4, -0.2) is 24.0 Å². The molecule has 0 saturated carbocycles. The molecule has 0 aliphatic carbocycles. The SMILES string of the molecule is CC(C)CC(=O)N(N)c1nccc(N2CCC(c3ccccc3)CC2)c1Cl. The third-order valence-corrected chi connectivity index (χ3v) is 5.40. The molecule has 3 rings (SSSR count). The summed E-state index contributed by atoms with van der Waals surface area (Å²) in [5.74, 6) is 6.94. The van der Waals surface area contributed by atoms with E-state index in [4.69, 9.17) is 17.4 Å². The van der Waals surface area contributed by atoms with Crippen LogP contribution in [0.15, 0.2) is 42.6 Å². The van der Waals surface area contributed by atoms with Crippen molar-refractivity contribution in [3.8, 4) is 0 Å². The molecule has 0 spiro atoms. The van der Waals surface area contributed by atoms with Crippen molar-refractivity contribution >= 4 is 29.0 Å². The zero-order valence-corrected chi connectivity index (χ0v) is 16.7. The van der Waals surface area contributed by atoms with Crippen LogP contribution >= 0.6 is 11.6 Å². The number of hydrogen-bond acceptors (Lipinski definition) is 4. The number of rotatable bonds is 5. The third-order valence-electron chi connectivity index (χ3n) is 5.04. The Morgan fingerprint density at radius 3 is 2.56 bits per heavy atom. The minimum absolute atomic E-state index is 0.181. The first-order valence-corrected chi connectivity index (χ1v) is 9.87. The van der Waals surface area contributed by atoms with Gasteiger partial charge in [0.1, 0.15) is 5.02 Å². The van der Waals surface area contributed by atoms with Crippen LogP contribution in [-0.2, 0) is 4.79 Å². The van der Waals surface area contributed by atoms with Gasteiger partial charge in [-0.05, 0) is 36.3 Å². The number of carbonyl (C=O) groups is 1. The Morgan fingerprint density at radius 2 is 1.93 bits per heavy atom. The summed E-state index contributed by atoms with van der Waals surface area (Å²) in [5, 5.41) is 1.53. The molecular weight excluding hydrogens is 360 g/mol. The Balaban J connectivity index is 1.72. The zero-order chi connectivity index (χ0) is 19.4. The first-order valence-electron chi connectivity index (χ1n) is 9.49. The molecule has 2 aromatic rings. The van der Waals surface area contributed by atoms with E-state index in [1.165, 1.54) is 5.56 Å². The molecule has 1 saturated heterocycles. The predicted molar refractivity (Wildman–Crippen MR) is 111 cm³/mol. The smallest absolute Gasteiger partial charge is 0.242 e. The van der Waals surface area contributed by atoms with Gasteiger partial charge in [0.05, 0.1) is 5.69 Å². The van der Waals surface area contributed by atoms with E-state index < -0.39 is 0 Å². The lowest BCUT2D eigenvalue weighted by Crippen LogP contribution is -2.39. The van der Waals surface area contributed by atoms with Crippen LogP contribution in [0.5, 0.6) is 0 Å². The maximum absolute atomic E-state index is 12.3. The predicted octanol–water partition coefficient (Wildman–Crippen LogP) is 4.37. The number of benzene rings is 1. The van der Waals surface area contributed by atoms with Gasteiger partial charge in [-0.15, -0.1) is 0 Å². The number of carbonyl (C=O) groups excluding carboxylic acids is 1. The van der Waals surface area contributed by atoms with Crippen molar-refractivity contribution in [2.45, 2.75) is 39.0 Å². The average Bonchev–Trinajstić information content (AvgIpc) is 2.68. The van der Waals surface area contributed by atoms with Gasteiger partial charge in [0.25, 0.3) is 0 Å². The second-order valence-electron chi connectivity index (χ2n) is 7.50. The van der Waals surface area contributed by atoms with Crippen LogP contribution in [0.4, 0.5) is 11.5 Å². The topological polar surface area (TPSA) is 62.5 Å². The molecule has 0 bridgehead atoms. The van der Waals surface area contributed by atoms with Crippen molar-refractivity contribution in [1.29, 1.82) is 0 Å². The number of aromatic nitrogens is 1. The van der Waals surface area contributed by atoms with Gasteiger partial charge in [-0.2, -0.15) is 0 Å². The molecular formula is C21H27ClN4O. The summed E-state index contributed by atoms with van der Waals surface area (Å²) in [6.45, 7) is 5.78. The number of hydrogen-bond donors (Lipinski definition) is 1. The minimum atomic E-state index is -0.181. The lowest BCUT2D eigenvalue weighted by molar-refractivity contribution is -0.119. The highest BCUT2D eigenvalue weighted by molar-refractivity contribution is 6.36. The summed E-state index contributed by atoms with van der Waals surface area (Å²) in [4.78, 5) is 18.8. The molecule has 6 heteroatoms. The van der Waals surface area contributed by atoms with Crippen LogP contribution in [0.1, 0.15) is 44.6 Å². The van der Waals surface area contributed by atoms with Gasteiger partial charge in [0, 0.05) is 25.7 Å². The van der Waals surface area contributed by atoms with Crippen LogP contribution < -0.4 is 15.8 Å². The highest BCUT2D eigenvalue weighted by Gasteiger charge is 2.25. The number of amides is 1. The Kier molecular flexibility index (Phi) is 6.34. The number of nitrogens with two attached hydrogens (primary N) is 1. The van der Waals surface area contributed by atoms with E-state index in [2.05, 4.69) is 40.2 Å². The molecule has 1 aromatic carbocycles. The molecule has 27 heavy (non-hydrogen) atoms. The first-order chi connectivity index (χ1) is 13.0. The summed E-state index contributed by atoms with van der Waals surface area (Å²) in [5.41, 5.74) is 2.28. The number of halogens is 1. The molecule has 1 fully saturated rings. The van der Waals surface area contributed by atoms with Crippen molar-refractivity contribution in [3.63, 3.8) is 0 Å². The second kappa shape index (κ2) is 8.72. The summed E-state index contributed by atoms with van der Waals surface area (Å²) >= 11 is 6.59. The van der Waals surface area contributed by atoms with Gasteiger partial charge in [0.2, 0.25) is 5.91 Å². The molecule has 5 nitrogen and oxygen atoms in total.